The fourth-order valence-electron chi connectivity index (χ4n) is 2.76. The Bertz CT molecular complexity index is 1030. The van der Waals surface area contributed by atoms with Crippen molar-refractivity contribution in [1.29, 1.82) is 0 Å². The molecule has 3 rings (SSSR count). The maximum absolute atomic E-state index is 12.7. The number of rotatable bonds is 7. The van der Waals surface area contributed by atoms with Gasteiger partial charge in [-0.1, -0.05) is 12.0 Å². The average Bonchev–Trinajstić information content (AvgIpc) is 3.20. The molecule has 11 heteroatoms. The molecule has 0 aliphatic carbocycles. The van der Waals surface area contributed by atoms with Gasteiger partial charge in [0.2, 0.25) is 12.7 Å². The molecule has 8 nitrogen and oxygen atoms in total. The summed E-state index contributed by atoms with van der Waals surface area (Å²) in [4.78, 5) is 16.2. The number of nitrogens with zero attached hydrogens (tertiary/aromatic N) is 1. The molecule has 2 aromatic rings. The van der Waals surface area contributed by atoms with Gasteiger partial charge in [0.15, 0.2) is 17.5 Å². The molecular weight excluding hydrogens is 537 g/mol. The normalized spacial score (nSPS) is 11.9. The van der Waals surface area contributed by atoms with Crippen molar-refractivity contribution in [2.75, 3.05) is 25.7 Å². The van der Waals surface area contributed by atoms with Crippen LogP contribution in [-0.2, 0) is 11.3 Å². The monoisotopic (exact) mass is 558 g/mol. The number of carbonyl (C=O) groups is 1. The predicted molar refractivity (Wildman–Crippen MR) is 126 cm³/mol. The summed E-state index contributed by atoms with van der Waals surface area (Å²) in [5.41, 5.74) is 1.62. The first kappa shape index (κ1) is 25.0. The molecule has 1 aliphatic heterocycles. The van der Waals surface area contributed by atoms with E-state index in [4.69, 9.17) is 15.9 Å². The first-order valence-corrected chi connectivity index (χ1v) is 9.17. The van der Waals surface area contributed by atoms with Gasteiger partial charge >= 0.3 is 6.61 Å². The van der Waals surface area contributed by atoms with Crippen molar-refractivity contribution in [3.8, 4) is 29.6 Å². The molecule has 0 fully saturated rings. The first-order valence-electron chi connectivity index (χ1n) is 9.17. The van der Waals surface area contributed by atoms with Crippen molar-refractivity contribution in [3.63, 3.8) is 0 Å². The van der Waals surface area contributed by atoms with Gasteiger partial charge < -0.3 is 30.2 Å². The van der Waals surface area contributed by atoms with Gasteiger partial charge in [0.25, 0.3) is 0 Å². The number of anilines is 1. The minimum atomic E-state index is -2.99. The summed E-state index contributed by atoms with van der Waals surface area (Å²) in [6.07, 6.45) is 5.35. The average molecular weight is 558 g/mol. The first-order chi connectivity index (χ1) is 15.0. The maximum atomic E-state index is 12.7. The third kappa shape index (κ3) is 6.88. The fourth-order valence-corrected chi connectivity index (χ4v) is 2.76. The molecule has 0 radical (unpaired) electrons. The van der Waals surface area contributed by atoms with Crippen LogP contribution in [0.15, 0.2) is 41.4 Å². The van der Waals surface area contributed by atoms with E-state index in [1.54, 1.807) is 30.3 Å². The molecule has 1 heterocycles. The zero-order valence-corrected chi connectivity index (χ0v) is 19.3. The summed E-state index contributed by atoms with van der Waals surface area (Å²) in [7, 11) is 1.51. The quantitative estimate of drug-likeness (QED) is 0.210. The van der Waals surface area contributed by atoms with E-state index in [0.717, 1.165) is 0 Å². The maximum Gasteiger partial charge on any atom is 0.387 e. The minimum Gasteiger partial charge on any atom is -0.454 e. The van der Waals surface area contributed by atoms with Gasteiger partial charge in [-0.15, -0.1) is 30.4 Å². The number of halogens is 3. The molecule has 0 spiro atoms. The lowest BCUT2D eigenvalue weighted by Gasteiger charge is -2.15. The van der Waals surface area contributed by atoms with Gasteiger partial charge in [-0.2, -0.15) is 8.78 Å². The number of guanidine groups is 1. The van der Waals surface area contributed by atoms with Crippen LogP contribution >= 0.6 is 24.0 Å². The number of nitrogens with one attached hydrogen (secondary N) is 3. The largest absolute Gasteiger partial charge is 0.454 e. The summed E-state index contributed by atoms with van der Waals surface area (Å²) in [5.74, 6) is 3.17. The van der Waals surface area contributed by atoms with Crippen LogP contribution in [0.3, 0.4) is 0 Å². The van der Waals surface area contributed by atoms with E-state index in [-0.39, 0.29) is 61.5 Å². The molecule has 1 amide bonds. The van der Waals surface area contributed by atoms with Crippen LogP contribution < -0.4 is 30.2 Å². The van der Waals surface area contributed by atoms with E-state index in [2.05, 4.69) is 31.6 Å². The SMILES string of the molecule is C#Cc1cccc(NC(=O)CNC(=NC)NCc2cc3c(cc2OC(F)F)OCO3)c1.I. The van der Waals surface area contributed by atoms with E-state index >= 15 is 0 Å². The molecular formula is C21H21F2IN4O4. The van der Waals surface area contributed by atoms with Gasteiger partial charge in [0.1, 0.15) is 5.75 Å². The third-order valence-electron chi connectivity index (χ3n) is 4.17. The van der Waals surface area contributed by atoms with Crippen LogP contribution in [0.4, 0.5) is 14.5 Å². The van der Waals surface area contributed by atoms with Crippen molar-refractivity contribution in [1.82, 2.24) is 10.6 Å². The lowest BCUT2D eigenvalue weighted by atomic mass is 10.1. The van der Waals surface area contributed by atoms with Crippen molar-refractivity contribution in [3.05, 3.63) is 47.5 Å². The Morgan fingerprint density at radius 2 is 2.00 bits per heavy atom. The number of carbonyl (C=O) groups excluding carboxylic acids is 1. The zero-order valence-electron chi connectivity index (χ0n) is 17.0. The van der Waals surface area contributed by atoms with Gasteiger partial charge in [0, 0.05) is 36.5 Å². The number of alkyl halides is 2. The van der Waals surface area contributed by atoms with Crippen molar-refractivity contribution < 1.29 is 27.8 Å². The van der Waals surface area contributed by atoms with Crippen LogP contribution in [0.5, 0.6) is 17.2 Å². The summed E-state index contributed by atoms with van der Waals surface area (Å²) >= 11 is 0. The Morgan fingerprint density at radius 3 is 2.69 bits per heavy atom. The highest BCUT2D eigenvalue weighted by molar-refractivity contribution is 14.0. The lowest BCUT2D eigenvalue weighted by molar-refractivity contribution is -0.115. The zero-order chi connectivity index (χ0) is 22.2. The molecule has 0 unspecified atom stereocenters. The lowest BCUT2D eigenvalue weighted by Crippen LogP contribution is -2.41. The molecule has 0 atom stereocenters. The summed E-state index contributed by atoms with van der Waals surface area (Å²) in [6.45, 7) is -2.98. The van der Waals surface area contributed by atoms with Gasteiger partial charge in [-0.05, 0) is 24.3 Å². The molecule has 0 bridgehead atoms. The molecule has 1 aliphatic rings. The highest BCUT2D eigenvalue weighted by Crippen LogP contribution is 2.38. The number of benzene rings is 2. The molecule has 0 saturated carbocycles. The van der Waals surface area contributed by atoms with Crippen molar-refractivity contribution in [2.24, 2.45) is 4.99 Å². The smallest absolute Gasteiger partial charge is 0.387 e. The Kier molecular flexibility index (Phi) is 9.33. The number of ether oxygens (including phenoxy) is 3. The number of hydrogen-bond donors (Lipinski definition) is 3. The molecule has 3 N–H and O–H groups in total. The third-order valence-corrected chi connectivity index (χ3v) is 4.17. The number of amides is 1. The second kappa shape index (κ2) is 11.9. The second-order valence-corrected chi connectivity index (χ2v) is 6.24. The van der Waals surface area contributed by atoms with Crippen LogP contribution in [0.1, 0.15) is 11.1 Å². The van der Waals surface area contributed by atoms with Crippen LogP contribution in [0.25, 0.3) is 0 Å². The van der Waals surface area contributed by atoms with Crippen molar-refractivity contribution >= 4 is 41.5 Å². The number of fused-ring (bicyclic) bond motifs is 1. The summed E-state index contributed by atoms with van der Waals surface area (Å²) in [6, 6.07) is 9.78. The Morgan fingerprint density at radius 1 is 1.25 bits per heavy atom. The van der Waals surface area contributed by atoms with Crippen molar-refractivity contribution in [2.45, 2.75) is 13.2 Å². The predicted octanol–water partition coefficient (Wildman–Crippen LogP) is 2.92. The molecule has 0 saturated heterocycles. The van der Waals surface area contributed by atoms with E-state index in [1.807, 2.05) is 0 Å². The van der Waals surface area contributed by atoms with E-state index < -0.39 is 6.61 Å². The van der Waals surface area contributed by atoms with Crippen LogP contribution in [-0.4, -0.2) is 38.9 Å². The van der Waals surface area contributed by atoms with Crippen LogP contribution in [0.2, 0.25) is 0 Å². The highest BCUT2D eigenvalue weighted by Gasteiger charge is 2.20. The fraction of sp³-hybridized carbons (Fsp3) is 0.238. The van der Waals surface area contributed by atoms with E-state index in [1.165, 1.54) is 13.1 Å². The minimum absolute atomic E-state index is 0. The molecule has 0 aromatic heterocycles. The van der Waals surface area contributed by atoms with Gasteiger partial charge in [-0.25, -0.2) is 0 Å². The second-order valence-electron chi connectivity index (χ2n) is 6.24. The van der Waals surface area contributed by atoms with E-state index in [9.17, 15) is 13.6 Å². The molecule has 170 valence electrons. The standard InChI is InChI=1S/C21H20F2N4O4.HI/c1-3-13-5-4-6-15(7-13)27-19(28)11-26-21(24-2)25-10-14-8-17-18(30-12-29-17)9-16(14)31-20(22)23;/h1,4-9,20H,10-12H2,2H3,(H,27,28)(H2,24,25,26);1H. The summed E-state index contributed by atoms with van der Waals surface area (Å²) < 4.78 is 40.5. The van der Waals surface area contributed by atoms with Gasteiger partial charge in [-0.3, -0.25) is 9.79 Å². The highest BCUT2D eigenvalue weighted by atomic mass is 127. The van der Waals surface area contributed by atoms with Gasteiger partial charge in [0.05, 0.1) is 6.54 Å². The topological polar surface area (TPSA) is 93.2 Å². The number of terminal acetylenes is 1. The summed E-state index contributed by atoms with van der Waals surface area (Å²) in [5, 5.41) is 8.50. The Balaban J connectivity index is 0.00000363. The Hall–Kier alpha value is -3.27. The van der Waals surface area contributed by atoms with Crippen LogP contribution in [0, 0.1) is 12.3 Å². The Labute approximate surface area is 200 Å². The molecule has 32 heavy (non-hydrogen) atoms. The van der Waals surface area contributed by atoms with E-state index in [0.29, 0.717) is 28.3 Å². The number of aliphatic imine (C=N–C) groups is 1. The number of hydrogen-bond acceptors (Lipinski definition) is 5. The molecule has 2 aromatic carbocycles.